The van der Waals surface area contributed by atoms with Crippen molar-refractivity contribution in [1.82, 2.24) is 4.98 Å². The zero-order valence-corrected chi connectivity index (χ0v) is 16.2. The molecule has 0 spiro atoms. The van der Waals surface area contributed by atoms with Gasteiger partial charge in [0.05, 0.1) is 24.8 Å². The molecule has 0 radical (unpaired) electrons. The molecule has 0 aliphatic carbocycles. The van der Waals surface area contributed by atoms with Crippen LogP contribution in [-0.2, 0) is 16.0 Å². The highest BCUT2D eigenvalue weighted by atomic mass is 32.1. The molecule has 27 heavy (non-hydrogen) atoms. The maximum Gasteiger partial charge on any atom is 0.337 e. The van der Waals surface area contributed by atoms with Crippen molar-refractivity contribution in [1.29, 1.82) is 0 Å². The van der Waals surface area contributed by atoms with Crippen molar-refractivity contribution >= 4 is 28.3 Å². The van der Waals surface area contributed by atoms with Crippen LogP contribution in [0.1, 0.15) is 27.0 Å². The third-order valence-electron chi connectivity index (χ3n) is 4.20. The van der Waals surface area contributed by atoms with Crippen molar-refractivity contribution < 1.29 is 14.3 Å². The van der Waals surface area contributed by atoms with Crippen LogP contribution in [0.5, 0.6) is 0 Å². The van der Waals surface area contributed by atoms with E-state index in [4.69, 9.17) is 4.74 Å². The summed E-state index contributed by atoms with van der Waals surface area (Å²) < 4.78 is 4.69. The minimum Gasteiger partial charge on any atom is -0.465 e. The van der Waals surface area contributed by atoms with E-state index < -0.39 is 0 Å². The largest absolute Gasteiger partial charge is 0.465 e. The fourth-order valence-corrected chi connectivity index (χ4v) is 3.48. The Morgan fingerprint density at radius 2 is 1.85 bits per heavy atom. The van der Waals surface area contributed by atoms with E-state index >= 15 is 0 Å². The number of aromatic nitrogens is 1. The maximum atomic E-state index is 12.3. The first-order valence-electron chi connectivity index (χ1n) is 8.46. The number of rotatable bonds is 5. The summed E-state index contributed by atoms with van der Waals surface area (Å²) in [6, 6.07) is 13.1. The Bertz CT molecular complexity index is 977. The highest BCUT2D eigenvalue weighted by Gasteiger charge is 2.11. The minimum absolute atomic E-state index is 0.0936. The third-order valence-corrected chi connectivity index (χ3v) is 4.96. The number of hydrogen-bond acceptors (Lipinski definition) is 5. The number of thiazole rings is 1. The molecule has 2 aromatic carbocycles. The molecular formula is C21H20N2O3S. The van der Waals surface area contributed by atoms with Crippen molar-refractivity contribution in [3.8, 4) is 11.3 Å². The summed E-state index contributed by atoms with van der Waals surface area (Å²) in [7, 11) is 1.35. The highest BCUT2D eigenvalue weighted by Crippen LogP contribution is 2.25. The lowest BCUT2D eigenvalue weighted by Crippen LogP contribution is -2.14. The number of esters is 1. The van der Waals surface area contributed by atoms with Gasteiger partial charge in [-0.25, -0.2) is 9.78 Å². The Kier molecular flexibility index (Phi) is 5.66. The van der Waals surface area contributed by atoms with Gasteiger partial charge in [-0.3, -0.25) is 4.79 Å². The molecule has 0 saturated heterocycles. The molecule has 3 aromatic rings. The van der Waals surface area contributed by atoms with Gasteiger partial charge in [0, 0.05) is 10.9 Å². The normalized spacial score (nSPS) is 10.5. The number of ether oxygens (including phenoxy) is 1. The molecule has 0 unspecified atom stereocenters. The summed E-state index contributed by atoms with van der Waals surface area (Å²) in [6.45, 7) is 4.04. The zero-order chi connectivity index (χ0) is 19.4. The van der Waals surface area contributed by atoms with Crippen LogP contribution in [0, 0.1) is 13.8 Å². The second-order valence-corrected chi connectivity index (χ2v) is 7.12. The van der Waals surface area contributed by atoms with Gasteiger partial charge in [0.1, 0.15) is 0 Å². The van der Waals surface area contributed by atoms with E-state index in [1.807, 2.05) is 43.5 Å². The van der Waals surface area contributed by atoms with Crippen LogP contribution >= 0.6 is 11.3 Å². The zero-order valence-electron chi connectivity index (χ0n) is 15.4. The van der Waals surface area contributed by atoms with Crippen LogP contribution in [0.25, 0.3) is 11.3 Å². The summed E-state index contributed by atoms with van der Waals surface area (Å²) in [6.07, 6.45) is 0.314. The molecule has 0 saturated carbocycles. The number of nitrogens with one attached hydrogen (secondary N) is 1. The maximum absolute atomic E-state index is 12.3. The molecule has 0 aliphatic heterocycles. The van der Waals surface area contributed by atoms with Crippen molar-refractivity contribution in [2.24, 2.45) is 0 Å². The van der Waals surface area contributed by atoms with Crippen molar-refractivity contribution in [2.45, 2.75) is 20.3 Å². The molecule has 1 amide bonds. The SMILES string of the molecule is COC(=O)c1ccc(-c2csc(NC(=O)Cc3ccc(C)cc3C)n2)cc1. The standard InChI is InChI=1S/C21H20N2O3S/c1-13-4-5-17(14(2)10-13)11-19(24)23-21-22-18(12-27-21)15-6-8-16(9-7-15)20(25)26-3/h4-10,12H,11H2,1-3H3,(H,22,23,24). The smallest absolute Gasteiger partial charge is 0.337 e. The van der Waals surface area contributed by atoms with Crippen LogP contribution < -0.4 is 5.32 Å². The molecule has 138 valence electrons. The number of carbonyl (C=O) groups is 2. The number of aryl methyl sites for hydroxylation is 2. The number of hydrogen-bond donors (Lipinski definition) is 1. The highest BCUT2D eigenvalue weighted by molar-refractivity contribution is 7.14. The van der Waals surface area contributed by atoms with Crippen LogP contribution in [0.3, 0.4) is 0 Å². The van der Waals surface area contributed by atoms with E-state index in [9.17, 15) is 9.59 Å². The number of nitrogens with zero attached hydrogens (tertiary/aromatic N) is 1. The molecule has 1 N–H and O–H groups in total. The van der Waals surface area contributed by atoms with Gasteiger partial charge in [-0.15, -0.1) is 11.3 Å². The minimum atomic E-state index is -0.376. The fraction of sp³-hybridized carbons (Fsp3) is 0.190. The van der Waals surface area contributed by atoms with Gasteiger partial charge in [-0.1, -0.05) is 35.9 Å². The molecule has 1 aromatic heterocycles. The van der Waals surface area contributed by atoms with Crippen LogP contribution in [0.2, 0.25) is 0 Å². The monoisotopic (exact) mass is 380 g/mol. The van der Waals surface area contributed by atoms with E-state index in [1.54, 1.807) is 12.1 Å². The number of benzene rings is 2. The van der Waals surface area contributed by atoms with Gasteiger partial charge < -0.3 is 10.1 Å². The molecule has 0 aliphatic rings. The average molecular weight is 380 g/mol. The quantitative estimate of drug-likeness (QED) is 0.667. The van der Waals surface area contributed by atoms with Gasteiger partial charge >= 0.3 is 5.97 Å². The second kappa shape index (κ2) is 8.14. The topological polar surface area (TPSA) is 68.3 Å². The Morgan fingerprint density at radius 3 is 2.52 bits per heavy atom. The first kappa shape index (κ1) is 18.8. The van der Waals surface area contributed by atoms with Crippen LogP contribution in [-0.4, -0.2) is 24.0 Å². The van der Waals surface area contributed by atoms with Crippen LogP contribution in [0.4, 0.5) is 5.13 Å². The lowest BCUT2D eigenvalue weighted by atomic mass is 10.0. The molecule has 0 fully saturated rings. The number of anilines is 1. The van der Waals surface area contributed by atoms with Crippen molar-refractivity contribution in [3.05, 3.63) is 70.1 Å². The third kappa shape index (κ3) is 4.60. The first-order chi connectivity index (χ1) is 13.0. The summed E-state index contributed by atoms with van der Waals surface area (Å²) in [5.74, 6) is -0.469. The molecular weight excluding hydrogens is 360 g/mol. The summed E-state index contributed by atoms with van der Waals surface area (Å²) in [4.78, 5) is 28.3. The molecule has 0 atom stereocenters. The molecule has 1 heterocycles. The van der Waals surface area contributed by atoms with Crippen molar-refractivity contribution in [2.75, 3.05) is 12.4 Å². The summed E-state index contributed by atoms with van der Waals surface area (Å²) in [5, 5.41) is 5.28. The van der Waals surface area contributed by atoms with Gasteiger partial charge in [0.25, 0.3) is 0 Å². The van der Waals surface area contributed by atoms with Crippen LogP contribution in [0.15, 0.2) is 47.8 Å². The lowest BCUT2D eigenvalue weighted by Gasteiger charge is -2.06. The Hall–Kier alpha value is -2.99. The van der Waals surface area contributed by atoms with E-state index in [2.05, 4.69) is 16.4 Å². The van der Waals surface area contributed by atoms with E-state index in [-0.39, 0.29) is 11.9 Å². The lowest BCUT2D eigenvalue weighted by molar-refractivity contribution is -0.115. The average Bonchev–Trinajstić information content (AvgIpc) is 3.12. The molecule has 6 heteroatoms. The first-order valence-corrected chi connectivity index (χ1v) is 9.34. The van der Waals surface area contributed by atoms with E-state index in [1.165, 1.54) is 24.0 Å². The Morgan fingerprint density at radius 1 is 1.11 bits per heavy atom. The predicted molar refractivity (Wildman–Crippen MR) is 107 cm³/mol. The van der Waals surface area contributed by atoms with Gasteiger partial charge in [0.2, 0.25) is 5.91 Å². The Labute approximate surface area is 162 Å². The van der Waals surface area contributed by atoms with Gasteiger partial charge in [-0.05, 0) is 37.1 Å². The fourth-order valence-electron chi connectivity index (χ4n) is 2.74. The second-order valence-electron chi connectivity index (χ2n) is 6.26. The summed E-state index contributed by atoms with van der Waals surface area (Å²) in [5.41, 5.74) is 5.40. The molecule has 0 bridgehead atoms. The Balaban J connectivity index is 1.66. The molecule has 3 rings (SSSR count). The van der Waals surface area contributed by atoms with Gasteiger partial charge in [0.15, 0.2) is 5.13 Å². The number of methoxy groups -OCH3 is 1. The predicted octanol–water partition coefficient (Wildman–Crippen LogP) is 4.39. The van der Waals surface area contributed by atoms with Crippen molar-refractivity contribution in [3.63, 3.8) is 0 Å². The molecule has 5 nitrogen and oxygen atoms in total. The van der Waals surface area contributed by atoms with E-state index in [0.717, 1.165) is 22.4 Å². The van der Waals surface area contributed by atoms with E-state index in [0.29, 0.717) is 17.1 Å². The number of carbonyl (C=O) groups excluding carboxylic acids is 2. The van der Waals surface area contributed by atoms with Gasteiger partial charge in [-0.2, -0.15) is 0 Å². The summed E-state index contributed by atoms with van der Waals surface area (Å²) >= 11 is 1.37. The number of amides is 1.